The van der Waals surface area contributed by atoms with Crippen molar-refractivity contribution in [1.82, 2.24) is 14.3 Å². The van der Waals surface area contributed by atoms with Crippen LogP contribution < -0.4 is 9.80 Å². The number of aryl methyl sites for hydroxylation is 3. The van der Waals surface area contributed by atoms with Gasteiger partial charge >= 0.3 is 0 Å². The Morgan fingerprint density at radius 2 is 1.63 bits per heavy atom. The summed E-state index contributed by atoms with van der Waals surface area (Å²) in [5.41, 5.74) is 2.74. The van der Waals surface area contributed by atoms with E-state index in [1.807, 2.05) is 62.9 Å². The van der Waals surface area contributed by atoms with Gasteiger partial charge in [0, 0.05) is 52.0 Å². The van der Waals surface area contributed by atoms with Gasteiger partial charge in [-0.1, -0.05) is 17.7 Å². The van der Waals surface area contributed by atoms with E-state index < -0.39 is 10.0 Å². The van der Waals surface area contributed by atoms with Crippen molar-refractivity contribution in [3.8, 4) is 0 Å². The molecule has 1 aliphatic heterocycles. The van der Waals surface area contributed by atoms with Crippen molar-refractivity contribution >= 4 is 21.8 Å². The van der Waals surface area contributed by atoms with Crippen molar-refractivity contribution < 1.29 is 8.42 Å². The first-order valence-corrected chi connectivity index (χ1v) is 10.5. The van der Waals surface area contributed by atoms with Crippen LogP contribution in [0.15, 0.2) is 29.2 Å². The predicted molar refractivity (Wildman–Crippen MR) is 108 cm³/mol. The number of anilines is 2. The van der Waals surface area contributed by atoms with Crippen molar-refractivity contribution in [1.29, 1.82) is 0 Å². The Balaban J connectivity index is 1.77. The number of nitrogens with zero attached hydrogens (tertiary/aromatic N) is 5. The average molecular weight is 390 g/mol. The molecule has 146 valence electrons. The van der Waals surface area contributed by atoms with Crippen LogP contribution in [0.3, 0.4) is 0 Å². The predicted octanol–water partition coefficient (Wildman–Crippen LogP) is 1.98. The van der Waals surface area contributed by atoms with Crippen LogP contribution in [0, 0.1) is 20.8 Å². The van der Waals surface area contributed by atoms with Gasteiger partial charge in [-0.05, 0) is 32.4 Å². The third-order valence-corrected chi connectivity index (χ3v) is 6.82. The van der Waals surface area contributed by atoms with E-state index in [-0.39, 0.29) is 0 Å². The summed E-state index contributed by atoms with van der Waals surface area (Å²) in [5, 5.41) is 0. The molecule has 2 aromatic rings. The zero-order chi connectivity index (χ0) is 19.8. The Hall–Kier alpha value is -2.19. The van der Waals surface area contributed by atoms with Crippen LogP contribution in [0.2, 0.25) is 0 Å². The smallest absolute Gasteiger partial charge is 0.243 e. The van der Waals surface area contributed by atoms with Crippen LogP contribution in [0.25, 0.3) is 0 Å². The maximum Gasteiger partial charge on any atom is 0.243 e. The molecule has 1 aromatic carbocycles. The summed E-state index contributed by atoms with van der Waals surface area (Å²) in [6, 6.07) is 7.40. The van der Waals surface area contributed by atoms with E-state index in [1.165, 1.54) is 0 Å². The minimum atomic E-state index is -3.49. The molecule has 1 saturated heterocycles. The molecule has 0 amide bonds. The number of rotatable bonds is 4. The van der Waals surface area contributed by atoms with E-state index in [2.05, 4.69) is 9.97 Å². The number of aromatic nitrogens is 2. The summed E-state index contributed by atoms with van der Waals surface area (Å²) < 4.78 is 27.6. The molecular weight excluding hydrogens is 362 g/mol. The number of hydrogen-bond acceptors (Lipinski definition) is 6. The Labute approximate surface area is 161 Å². The largest absolute Gasteiger partial charge is 0.363 e. The van der Waals surface area contributed by atoms with Gasteiger partial charge in [0.25, 0.3) is 0 Å². The molecule has 27 heavy (non-hydrogen) atoms. The minimum absolute atomic E-state index is 0.392. The van der Waals surface area contributed by atoms with Gasteiger partial charge in [-0.2, -0.15) is 9.29 Å². The van der Waals surface area contributed by atoms with Crippen LogP contribution >= 0.6 is 0 Å². The minimum Gasteiger partial charge on any atom is -0.363 e. The van der Waals surface area contributed by atoms with Crippen LogP contribution in [0.5, 0.6) is 0 Å². The molecule has 2 heterocycles. The Bertz CT molecular complexity index is 935. The number of benzene rings is 1. The maximum atomic E-state index is 13.0. The fraction of sp³-hybridized carbons (Fsp3) is 0.474. The molecule has 8 heteroatoms. The lowest BCUT2D eigenvalue weighted by Gasteiger charge is -2.34. The quantitative estimate of drug-likeness (QED) is 0.796. The highest BCUT2D eigenvalue weighted by molar-refractivity contribution is 7.89. The zero-order valence-corrected chi connectivity index (χ0v) is 17.4. The van der Waals surface area contributed by atoms with E-state index in [0.29, 0.717) is 37.0 Å². The van der Waals surface area contributed by atoms with Gasteiger partial charge in [-0.25, -0.2) is 13.4 Å². The second kappa shape index (κ2) is 7.44. The molecule has 0 bridgehead atoms. The number of hydrogen-bond donors (Lipinski definition) is 0. The first-order chi connectivity index (χ1) is 12.7. The Kier molecular flexibility index (Phi) is 5.39. The van der Waals surface area contributed by atoms with E-state index in [9.17, 15) is 8.42 Å². The highest BCUT2D eigenvalue weighted by Crippen LogP contribution is 2.23. The number of sulfonamides is 1. The summed E-state index contributed by atoms with van der Waals surface area (Å²) in [4.78, 5) is 13.5. The lowest BCUT2D eigenvalue weighted by molar-refractivity contribution is 0.382. The van der Waals surface area contributed by atoms with Gasteiger partial charge in [0.1, 0.15) is 5.82 Å². The van der Waals surface area contributed by atoms with Crippen LogP contribution in [0.1, 0.15) is 16.8 Å². The molecule has 0 aliphatic carbocycles. The van der Waals surface area contributed by atoms with E-state index >= 15 is 0 Å². The monoisotopic (exact) mass is 389 g/mol. The second-order valence-electron chi connectivity index (χ2n) is 7.22. The third kappa shape index (κ3) is 4.06. The van der Waals surface area contributed by atoms with Crippen molar-refractivity contribution in [3.63, 3.8) is 0 Å². The number of piperazine rings is 1. The van der Waals surface area contributed by atoms with Gasteiger partial charge in [0.15, 0.2) is 0 Å². The summed E-state index contributed by atoms with van der Waals surface area (Å²) in [6.07, 6.45) is 0. The first kappa shape index (κ1) is 19.6. The van der Waals surface area contributed by atoms with Crippen LogP contribution in [0.4, 0.5) is 11.8 Å². The lowest BCUT2D eigenvalue weighted by Crippen LogP contribution is -2.49. The summed E-state index contributed by atoms with van der Waals surface area (Å²) in [5.74, 6) is 1.50. The van der Waals surface area contributed by atoms with Crippen LogP contribution in [-0.4, -0.2) is 63.0 Å². The topological polar surface area (TPSA) is 69.6 Å². The van der Waals surface area contributed by atoms with Crippen LogP contribution in [-0.2, 0) is 10.0 Å². The molecule has 7 nitrogen and oxygen atoms in total. The molecule has 3 rings (SSSR count). The summed E-state index contributed by atoms with van der Waals surface area (Å²) in [7, 11) is 0.402. The molecule has 0 unspecified atom stereocenters. The molecule has 1 aromatic heterocycles. The Morgan fingerprint density at radius 3 is 2.22 bits per heavy atom. The van der Waals surface area contributed by atoms with Crippen molar-refractivity contribution in [2.45, 2.75) is 25.7 Å². The standard InChI is InChI=1S/C19H27N5O2S/c1-14-6-7-17(15(2)12-14)27(25,26)24-10-8-23(9-11-24)19-20-16(3)13-18(21-19)22(4)5/h6-7,12-13H,8-11H2,1-5H3. The lowest BCUT2D eigenvalue weighted by atomic mass is 10.2. The first-order valence-electron chi connectivity index (χ1n) is 9.04. The molecule has 0 saturated carbocycles. The highest BCUT2D eigenvalue weighted by Gasteiger charge is 2.30. The fourth-order valence-corrected chi connectivity index (χ4v) is 4.89. The Morgan fingerprint density at radius 1 is 0.963 bits per heavy atom. The fourth-order valence-electron chi connectivity index (χ4n) is 3.26. The normalized spacial score (nSPS) is 15.8. The maximum absolute atomic E-state index is 13.0. The van der Waals surface area contributed by atoms with Crippen molar-refractivity contribution in [3.05, 3.63) is 41.1 Å². The van der Waals surface area contributed by atoms with Gasteiger partial charge in [-0.15, -0.1) is 0 Å². The molecule has 0 radical (unpaired) electrons. The average Bonchev–Trinajstić information content (AvgIpc) is 2.61. The third-order valence-electron chi connectivity index (χ3n) is 4.76. The molecule has 0 spiro atoms. The molecule has 1 fully saturated rings. The second-order valence-corrected chi connectivity index (χ2v) is 9.13. The summed E-state index contributed by atoms with van der Waals surface area (Å²) in [6.45, 7) is 7.74. The van der Waals surface area contributed by atoms with Crippen molar-refractivity contribution in [2.75, 3.05) is 50.1 Å². The van der Waals surface area contributed by atoms with Gasteiger partial charge in [0.2, 0.25) is 16.0 Å². The molecular formula is C19H27N5O2S. The van der Waals surface area contributed by atoms with E-state index in [4.69, 9.17) is 0 Å². The zero-order valence-electron chi connectivity index (χ0n) is 16.6. The molecule has 1 aliphatic rings. The molecule has 0 N–H and O–H groups in total. The summed E-state index contributed by atoms with van der Waals surface area (Å²) >= 11 is 0. The SMILES string of the molecule is Cc1ccc(S(=O)(=O)N2CCN(c3nc(C)cc(N(C)C)n3)CC2)c(C)c1. The van der Waals surface area contributed by atoms with Gasteiger partial charge in [-0.3, -0.25) is 0 Å². The van der Waals surface area contributed by atoms with Gasteiger partial charge in [0.05, 0.1) is 4.90 Å². The van der Waals surface area contributed by atoms with Gasteiger partial charge < -0.3 is 9.80 Å². The van der Waals surface area contributed by atoms with E-state index in [0.717, 1.165) is 22.6 Å². The highest BCUT2D eigenvalue weighted by atomic mass is 32.2. The van der Waals surface area contributed by atoms with E-state index in [1.54, 1.807) is 10.4 Å². The molecule has 0 atom stereocenters. The van der Waals surface area contributed by atoms with Crippen molar-refractivity contribution in [2.24, 2.45) is 0 Å².